The first-order valence-electron chi connectivity index (χ1n) is 8.39. The summed E-state index contributed by atoms with van der Waals surface area (Å²) in [4.78, 5) is 15.3. The SMILES string of the molecule is O=C([C@@H]1CC=CCC1)N(C1CC1)[C@@H]1CCc2ccccc21. The van der Waals surface area contributed by atoms with Crippen LogP contribution in [-0.2, 0) is 11.2 Å². The van der Waals surface area contributed by atoms with Gasteiger partial charge in [-0.2, -0.15) is 0 Å². The lowest BCUT2D eigenvalue weighted by atomic mass is 9.92. The number of nitrogens with zero attached hydrogens (tertiary/aromatic N) is 1. The Hall–Kier alpha value is -1.57. The predicted molar refractivity (Wildman–Crippen MR) is 83.9 cm³/mol. The highest BCUT2D eigenvalue weighted by atomic mass is 16.2. The van der Waals surface area contributed by atoms with Crippen molar-refractivity contribution in [2.75, 3.05) is 0 Å². The van der Waals surface area contributed by atoms with Gasteiger partial charge in [-0.3, -0.25) is 4.79 Å². The van der Waals surface area contributed by atoms with Crippen LogP contribution in [0.25, 0.3) is 0 Å². The highest BCUT2D eigenvalue weighted by Crippen LogP contribution is 2.43. The van der Waals surface area contributed by atoms with E-state index in [0.29, 0.717) is 18.0 Å². The molecule has 4 rings (SSSR count). The van der Waals surface area contributed by atoms with Gasteiger partial charge in [0.25, 0.3) is 0 Å². The second-order valence-electron chi connectivity index (χ2n) is 6.71. The Balaban J connectivity index is 1.61. The number of fused-ring (bicyclic) bond motifs is 1. The fourth-order valence-corrected chi connectivity index (χ4v) is 3.99. The van der Waals surface area contributed by atoms with Crippen LogP contribution < -0.4 is 0 Å². The minimum Gasteiger partial charge on any atom is -0.332 e. The summed E-state index contributed by atoms with van der Waals surface area (Å²) in [6.45, 7) is 0. The van der Waals surface area contributed by atoms with Gasteiger partial charge in [-0.25, -0.2) is 0 Å². The topological polar surface area (TPSA) is 20.3 Å². The molecule has 0 aromatic heterocycles. The third-order valence-electron chi connectivity index (χ3n) is 5.25. The minimum atomic E-state index is 0.225. The molecule has 3 aliphatic rings. The second kappa shape index (κ2) is 5.32. The first-order valence-corrected chi connectivity index (χ1v) is 8.39. The third-order valence-corrected chi connectivity index (χ3v) is 5.25. The van der Waals surface area contributed by atoms with Crippen molar-refractivity contribution >= 4 is 5.91 Å². The maximum atomic E-state index is 13.1. The number of hydrogen-bond donors (Lipinski definition) is 0. The van der Waals surface area contributed by atoms with Crippen molar-refractivity contribution in [2.24, 2.45) is 5.92 Å². The molecule has 2 nitrogen and oxygen atoms in total. The number of carbonyl (C=O) groups excluding carboxylic acids is 1. The van der Waals surface area contributed by atoms with E-state index in [1.807, 2.05) is 0 Å². The lowest BCUT2D eigenvalue weighted by Crippen LogP contribution is -2.40. The predicted octanol–water partition coefficient (Wildman–Crippen LogP) is 4.02. The van der Waals surface area contributed by atoms with Crippen LogP contribution in [0.15, 0.2) is 36.4 Å². The second-order valence-corrected chi connectivity index (χ2v) is 6.71. The summed E-state index contributed by atoms with van der Waals surface area (Å²) in [6, 6.07) is 9.56. The smallest absolute Gasteiger partial charge is 0.226 e. The molecule has 0 saturated heterocycles. The van der Waals surface area contributed by atoms with E-state index < -0.39 is 0 Å². The van der Waals surface area contributed by atoms with Gasteiger partial charge in [0.15, 0.2) is 0 Å². The van der Waals surface area contributed by atoms with Crippen molar-refractivity contribution in [1.82, 2.24) is 4.90 Å². The number of allylic oxidation sites excluding steroid dienone is 2. The van der Waals surface area contributed by atoms with E-state index >= 15 is 0 Å². The molecule has 0 N–H and O–H groups in total. The quantitative estimate of drug-likeness (QED) is 0.766. The normalized spacial score (nSPS) is 27.4. The van der Waals surface area contributed by atoms with E-state index in [2.05, 4.69) is 41.3 Å². The van der Waals surface area contributed by atoms with E-state index in [9.17, 15) is 4.79 Å². The molecule has 110 valence electrons. The molecular formula is C19H23NO. The number of aryl methyl sites for hydroxylation is 1. The van der Waals surface area contributed by atoms with Crippen LogP contribution in [0.2, 0.25) is 0 Å². The van der Waals surface area contributed by atoms with Gasteiger partial charge in [-0.05, 0) is 56.1 Å². The number of hydrogen-bond acceptors (Lipinski definition) is 1. The number of benzene rings is 1. The number of rotatable bonds is 3. The molecule has 0 heterocycles. The van der Waals surface area contributed by atoms with E-state index in [4.69, 9.17) is 0 Å². The number of carbonyl (C=O) groups is 1. The van der Waals surface area contributed by atoms with Gasteiger partial charge in [0, 0.05) is 12.0 Å². The summed E-state index contributed by atoms with van der Waals surface area (Å²) in [7, 11) is 0. The Kier molecular flexibility index (Phi) is 3.33. The van der Waals surface area contributed by atoms with E-state index in [1.54, 1.807) is 0 Å². The van der Waals surface area contributed by atoms with E-state index in [1.165, 1.54) is 24.0 Å². The molecule has 0 aliphatic heterocycles. The molecule has 1 saturated carbocycles. The monoisotopic (exact) mass is 281 g/mol. The van der Waals surface area contributed by atoms with Crippen LogP contribution in [-0.4, -0.2) is 16.8 Å². The molecule has 0 spiro atoms. The average molecular weight is 281 g/mol. The van der Waals surface area contributed by atoms with Crippen molar-refractivity contribution in [3.63, 3.8) is 0 Å². The molecule has 1 aromatic carbocycles. The highest BCUT2D eigenvalue weighted by molar-refractivity contribution is 5.80. The van der Waals surface area contributed by atoms with Crippen LogP contribution in [0.4, 0.5) is 0 Å². The zero-order valence-electron chi connectivity index (χ0n) is 12.5. The van der Waals surface area contributed by atoms with Crippen LogP contribution in [0.5, 0.6) is 0 Å². The van der Waals surface area contributed by atoms with Crippen molar-refractivity contribution < 1.29 is 4.79 Å². The maximum absolute atomic E-state index is 13.1. The van der Waals surface area contributed by atoms with Gasteiger partial charge >= 0.3 is 0 Å². The maximum Gasteiger partial charge on any atom is 0.226 e. The zero-order chi connectivity index (χ0) is 14.2. The number of amides is 1. The van der Waals surface area contributed by atoms with Gasteiger partial charge < -0.3 is 4.90 Å². The molecule has 1 aromatic rings. The van der Waals surface area contributed by atoms with Gasteiger partial charge in [-0.1, -0.05) is 36.4 Å². The summed E-state index contributed by atoms with van der Waals surface area (Å²) in [5, 5.41) is 0. The van der Waals surface area contributed by atoms with Gasteiger partial charge in [-0.15, -0.1) is 0 Å². The van der Waals surface area contributed by atoms with Crippen LogP contribution >= 0.6 is 0 Å². The average Bonchev–Trinajstić information content (AvgIpc) is 3.29. The molecule has 3 aliphatic carbocycles. The largest absolute Gasteiger partial charge is 0.332 e. The van der Waals surface area contributed by atoms with Crippen LogP contribution in [0.1, 0.15) is 55.7 Å². The molecule has 21 heavy (non-hydrogen) atoms. The minimum absolute atomic E-state index is 0.225. The van der Waals surface area contributed by atoms with Crippen molar-refractivity contribution in [2.45, 2.75) is 57.0 Å². The Bertz CT molecular complexity index is 573. The Morgan fingerprint density at radius 2 is 1.90 bits per heavy atom. The molecule has 0 unspecified atom stereocenters. The highest BCUT2D eigenvalue weighted by Gasteiger charge is 2.42. The molecule has 0 bridgehead atoms. The van der Waals surface area contributed by atoms with E-state index in [-0.39, 0.29) is 5.92 Å². The van der Waals surface area contributed by atoms with Gasteiger partial charge in [0.05, 0.1) is 6.04 Å². The summed E-state index contributed by atoms with van der Waals surface area (Å²) >= 11 is 0. The van der Waals surface area contributed by atoms with E-state index in [0.717, 1.165) is 32.1 Å². The fourth-order valence-electron chi connectivity index (χ4n) is 3.99. The fraction of sp³-hybridized carbons (Fsp3) is 0.526. The third kappa shape index (κ3) is 2.41. The van der Waals surface area contributed by atoms with Crippen molar-refractivity contribution in [1.29, 1.82) is 0 Å². The summed E-state index contributed by atoms with van der Waals surface area (Å²) in [5.74, 6) is 0.645. The van der Waals surface area contributed by atoms with Crippen LogP contribution in [0.3, 0.4) is 0 Å². The summed E-state index contributed by atoms with van der Waals surface area (Å²) in [6.07, 6.45) is 12.1. The summed E-state index contributed by atoms with van der Waals surface area (Å²) in [5.41, 5.74) is 2.86. The van der Waals surface area contributed by atoms with Gasteiger partial charge in [0.1, 0.15) is 0 Å². The Morgan fingerprint density at radius 1 is 1.05 bits per heavy atom. The molecule has 0 radical (unpaired) electrons. The Morgan fingerprint density at radius 3 is 2.67 bits per heavy atom. The lowest BCUT2D eigenvalue weighted by Gasteiger charge is -2.33. The first kappa shape index (κ1) is 13.1. The first-order chi connectivity index (χ1) is 10.3. The zero-order valence-corrected chi connectivity index (χ0v) is 12.5. The van der Waals surface area contributed by atoms with Crippen LogP contribution in [0, 0.1) is 5.92 Å². The molecule has 2 atom stereocenters. The molecule has 2 heteroatoms. The molecular weight excluding hydrogens is 258 g/mol. The van der Waals surface area contributed by atoms with Crippen molar-refractivity contribution in [3.05, 3.63) is 47.5 Å². The standard InChI is InChI=1S/C19H23NO/c21-19(15-7-2-1-3-8-15)20(16-11-12-16)18-13-10-14-6-4-5-9-17(14)18/h1-2,4-6,9,15-16,18H,3,7-8,10-13H2/t15-,18-/m1/s1. The lowest BCUT2D eigenvalue weighted by molar-refractivity contribution is -0.139. The summed E-state index contributed by atoms with van der Waals surface area (Å²) < 4.78 is 0. The van der Waals surface area contributed by atoms with Gasteiger partial charge in [0.2, 0.25) is 5.91 Å². The van der Waals surface area contributed by atoms with Crippen molar-refractivity contribution in [3.8, 4) is 0 Å². The molecule has 1 amide bonds. The molecule has 1 fully saturated rings. The Labute approximate surface area is 126 Å².